The van der Waals surface area contributed by atoms with E-state index in [1.165, 1.54) is 16.7 Å². The number of aryl methyl sites for hydroxylation is 1. The van der Waals surface area contributed by atoms with Gasteiger partial charge in [-0.05, 0) is 42.7 Å². The largest absolute Gasteiger partial charge is 0.306 e. The summed E-state index contributed by atoms with van der Waals surface area (Å²) < 4.78 is 1.12. The Morgan fingerprint density at radius 3 is 2.39 bits per heavy atom. The Morgan fingerprint density at radius 2 is 1.72 bits per heavy atom. The predicted octanol–water partition coefficient (Wildman–Crippen LogP) is 4.61. The van der Waals surface area contributed by atoms with Crippen molar-refractivity contribution in [2.45, 2.75) is 26.4 Å². The molecule has 0 aromatic heterocycles. The van der Waals surface area contributed by atoms with Gasteiger partial charge in [0.2, 0.25) is 0 Å². The normalized spacial score (nSPS) is 12.4. The van der Waals surface area contributed by atoms with E-state index in [1.54, 1.807) is 0 Å². The summed E-state index contributed by atoms with van der Waals surface area (Å²) in [5.41, 5.74) is 4.02. The summed E-state index contributed by atoms with van der Waals surface area (Å²) in [5, 5.41) is 3.56. The van der Waals surface area contributed by atoms with Crippen LogP contribution in [0.3, 0.4) is 0 Å². The molecule has 94 valence electrons. The molecule has 0 saturated carbocycles. The molecule has 0 bridgehead atoms. The fourth-order valence-corrected chi connectivity index (χ4v) is 2.21. The van der Waals surface area contributed by atoms with Crippen molar-refractivity contribution >= 4 is 15.9 Å². The average Bonchev–Trinajstić information content (AvgIpc) is 2.38. The second-order valence-electron chi connectivity index (χ2n) is 4.58. The maximum Gasteiger partial charge on any atom is 0.0294 e. The van der Waals surface area contributed by atoms with Gasteiger partial charge < -0.3 is 5.32 Å². The van der Waals surface area contributed by atoms with Crippen LogP contribution in [0.25, 0.3) is 0 Å². The van der Waals surface area contributed by atoms with Gasteiger partial charge in [0.05, 0.1) is 0 Å². The fourth-order valence-electron chi connectivity index (χ4n) is 1.94. The first-order chi connectivity index (χ1) is 8.66. The smallest absolute Gasteiger partial charge is 0.0294 e. The number of hydrogen-bond acceptors (Lipinski definition) is 1. The molecule has 18 heavy (non-hydrogen) atoms. The van der Waals surface area contributed by atoms with Crippen molar-refractivity contribution in [2.24, 2.45) is 0 Å². The molecule has 1 atom stereocenters. The lowest BCUT2D eigenvalue weighted by atomic mass is 10.1. The zero-order valence-electron chi connectivity index (χ0n) is 10.8. The Balaban J connectivity index is 1.98. The molecule has 0 saturated heterocycles. The lowest BCUT2D eigenvalue weighted by Gasteiger charge is -2.15. The van der Waals surface area contributed by atoms with Crippen molar-refractivity contribution in [3.8, 4) is 0 Å². The molecule has 2 aromatic rings. The van der Waals surface area contributed by atoms with Crippen molar-refractivity contribution in [2.75, 3.05) is 0 Å². The second kappa shape index (κ2) is 6.17. The van der Waals surface area contributed by atoms with E-state index in [0.717, 1.165) is 11.0 Å². The summed E-state index contributed by atoms with van der Waals surface area (Å²) in [5.74, 6) is 0. The molecule has 0 aliphatic rings. The van der Waals surface area contributed by atoms with Gasteiger partial charge in [0.25, 0.3) is 0 Å². The molecule has 0 aliphatic heterocycles. The minimum Gasteiger partial charge on any atom is -0.306 e. The van der Waals surface area contributed by atoms with E-state index in [1.807, 2.05) is 0 Å². The maximum atomic E-state index is 3.56. The van der Waals surface area contributed by atoms with E-state index in [2.05, 4.69) is 83.6 Å². The third-order valence-electron chi connectivity index (χ3n) is 3.23. The molecule has 1 nitrogen and oxygen atoms in total. The molecule has 0 amide bonds. The Kier molecular flexibility index (Phi) is 4.56. The molecular formula is C16H18BrN. The molecule has 0 unspecified atom stereocenters. The Bertz CT molecular complexity index is 505. The topological polar surface area (TPSA) is 12.0 Å². The van der Waals surface area contributed by atoms with Gasteiger partial charge in [-0.3, -0.25) is 0 Å². The minimum absolute atomic E-state index is 0.359. The number of hydrogen-bond donors (Lipinski definition) is 1. The van der Waals surface area contributed by atoms with Crippen molar-refractivity contribution < 1.29 is 0 Å². The van der Waals surface area contributed by atoms with Crippen LogP contribution < -0.4 is 5.32 Å². The molecule has 0 aliphatic carbocycles. The summed E-state index contributed by atoms with van der Waals surface area (Å²) in [6.07, 6.45) is 0. The van der Waals surface area contributed by atoms with Gasteiger partial charge in [-0.15, -0.1) is 0 Å². The molecule has 2 heteroatoms. The Labute approximate surface area is 117 Å². The van der Waals surface area contributed by atoms with Crippen molar-refractivity contribution in [1.82, 2.24) is 5.32 Å². The van der Waals surface area contributed by atoms with Crippen LogP contribution >= 0.6 is 15.9 Å². The molecular weight excluding hydrogens is 286 g/mol. The molecule has 0 radical (unpaired) electrons. The monoisotopic (exact) mass is 303 g/mol. The zero-order chi connectivity index (χ0) is 13.0. The van der Waals surface area contributed by atoms with Crippen LogP contribution in [0.4, 0.5) is 0 Å². The van der Waals surface area contributed by atoms with E-state index in [4.69, 9.17) is 0 Å². The third kappa shape index (κ3) is 3.44. The number of benzene rings is 2. The highest BCUT2D eigenvalue weighted by atomic mass is 79.9. The molecule has 0 fully saturated rings. The molecule has 0 spiro atoms. The SMILES string of the molecule is Cc1ccccc1CN[C@@H](C)c1ccc(Br)cc1. The van der Waals surface area contributed by atoms with E-state index >= 15 is 0 Å². The summed E-state index contributed by atoms with van der Waals surface area (Å²) >= 11 is 3.46. The summed E-state index contributed by atoms with van der Waals surface area (Å²) in [6.45, 7) is 5.26. The van der Waals surface area contributed by atoms with E-state index < -0.39 is 0 Å². The van der Waals surface area contributed by atoms with Crippen molar-refractivity contribution in [1.29, 1.82) is 0 Å². The van der Waals surface area contributed by atoms with E-state index in [-0.39, 0.29) is 0 Å². The van der Waals surface area contributed by atoms with Gasteiger partial charge in [-0.25, -0.2) is 0 Å². The molecule has 2 rings (SSSR count). The number of halogens is 1. The number of rotatable bonds is 4. The maximum absolute atomic E-state index is 3.56. The average molecular weight is 304 g/mol. The van der Waals surface area contributed by atoms with Crippen LogP contribution in [0, 0.1) is 6.92 Å². The van der Waals surface area contributed by atoms with Crippen LogP contribution in [-0.4, -0.2) is 0 Å². The van der Waals surface area contributed by atoms with Gasteiger partial charge in [0.1, 0.15) is 0 Å². The van der Waals surface area contributed by atoms with Crippen LogP contribution in [-0.2, 0) is 6.54 Å². The minimum atomic E-state index is 0.359. The Morgan fingerprint density at radius 1 is 1.06 bits per heavy atom. The van der Waals surface area contributed by atoms with Crippen molar-refractivity contribution in [3.05, 3.63) is 69.7 Å². The summed E-state index contributed by atoms with van der Waals surface area (Å²) in [4.78, 5) is 0. The molecule has 2 aromatic carbocycles. The van der Waals surface area contributed by atoms with E-state index in [9.17, 15) is 0 Å². The first kappa shape index (κ1) is 13.3. The zero-order valence-corrected chi connectivity index (χ0v) is 12.4. The fraction of sp³-hybridized carbons (Fsp3) is 0.250. The Hall–Kier alpha value is -1.12. The highest BCUT2D eigenvalue weighted by Gasteiger charge is 2.05. The van der Waals surface area contributed by atoms with Crippen molar-refractivity contribution in [3.63, 3.8) is 0 Å². The summed E-state index contributed by atoms with van der Waals surface area (Å²) in [7, 11) is 0. The number of nitrogens with one attached hydrogen (secondary N) is 1. The standard InChI is InChI=1S/C16H18BrN/c1-12-5-3-4-6-15(12)11-18-13(2)14-7-9-16(17)10-8-14/h3-10,13,18H,11H2,1-2H3/t13-/m0/s1. The van der Waals surface area contributed by atoms with Crippen LogP contribution in [0.1, 0.15) is 29.7 Å². The third-order valence-corrected chi connectivity index (χ3v) is 3.76. The highest BCUT2D eigenvalue weighted by molar-refractivity contribution is 9.10. The predicted molar refractivity (Wildman–Crippen MR) is 80.6 cm³/mol. The van der Waals surface area contributed by atoms with Crippen LogP contribution in [0.15, 0.2) is 53.0 Å². The molecule has 0 heterocycles. The lowest BCUT2D eigenvalue weighted by Crippen LogP contribution is -2.18. The highest BCUT2D eigenvalue weighted by Crippen LogP contribution is 2.17. The first-order valence-electron chi connectivity index (χ1n) is 6.20. The van der Waals surface area contributed by atoms with Crippen LogP contribution in [0.2, 0.25) is 0 Å². The van der Waals surface area contributed by atoms with Gasteiger partial charge in [0.15, 0.2) is 0 Å². The second-order valence-corrected chi connectivity index (χ2v) is 5.50. The quantitative estimate of drug-likeness (QED) is 0.870. The first-order valence-corrected chi connectivity index (χ1v) is 6.99. The summed E-state index contributed by atoms with van der Waals surface area (Å²) in [6, 6.07) is 17.3. The van der Waals surface area contributed by atoms with Gasteiger partial charge in [-0.2, -0.15) is 0 Å². The van der Waals surface area contributed by atoms with Gasteiger partial charge >= 0.3 is 0 Å². The van der Waals surface area contributed by atoms with E-state index in [0.29, 0.717) is 6.04 Å². The van der Waals surface area contributed by atoms with Crippen LogP contribution in [0.5, 0.6) is 0 Å². The lowest BCUT2D eigenvalue weighted by molar-refractivity contribution is 0.573. The van der Waals surface area contributed by atoms with Gasteiger partial charge in [-0.1, -0.05) is 52.3 Å². The van der Waals surface area contributed by atoms with Gasteiger partial charge in [0, 0.05) is 17.1 Å². The molecule has 1 N–H and O–H groups in total.